The van der Waals surface area contributed by atoms with Crippen LogP contribution in [0.3, 0.4) is 0 Å². The second kappa shape index (κ2) is 10.8. The second-order valence-corrected chi connectivity index (χ2v) is 6.77. The molecule has 30 heavy (non-hydrogen) atoms. The zero-order valence-corrected chi connectivity index (χ0v) is 19.4. The molecule has 0 amide bonds. The summed E-state index contributed by atoms with van der Waals surface area (Å²) in [4.78, 5) is 0. The molecule has 4 nitrogen and oxygen atoms in total. The zero-order chi connectivity index (χ0) is 20.1. The van der Waals surface area contributed by atoms with Gasteiger partial charge in [-0.15, -0.1) is 5.75 Å². The summed E-state index contributed by atoms with van der Waals surface area (Å²) in [5.74, 6) is 0.675. The molecule has 0 bridgehead atoms. The van der Waals surface area contributed by atoms with Crippen LogP contribution in [-0.2, 0) is 9.47 Å². The summed E-state index contributed by atoms with van der Waals surface area (Å²) >= 11 is 0. The number of benzene rings is 4. The standard InChI is InChI=1S/C25H24O4.Na/c1-27-14-15-28-16-17-29-23-13-11-19-7-3-5-9-21(19)25(23)24-20-8-4-2-6-18(20)10-12-22(24)26;/h2-13,26H,14-17H2,1H3;/q;+1/p-1. The van der Waals surface area contributed by atoms with E-state index in [1.165, 1.54) is 0 Å². The summed E-state index contributed by atoms with van der Waals surface area (Å²) in [5, 5.41) is 17.0. The molecule has 4 rings (SSSR count). The molecular weight excluding hydrogens is 387 g/mol. The molecule has 0 N–H and O–H groups in total. The van der Waals surface area contributed by atoms with Gasteiger partial charge in [0.25, 0.3) is 0 Å². The van der Waals surface area contributed by atoms with Crippen molar-refractivity contribution in [2.75, 3.05) is 33.5 Å². The first-order valence-electron chi connectivity index (χ1n) is 9.70. The van der Waals surface area contributed by atoms with Crippen LogP contribution in [0.2, 0.25) is 0 Å². The summed E-state index contributed by atoms with van der Waals surface area (Å²) in [6.07, 6.45) is 0. The Bertz CT molecular complexity index is 1130. The Balaban J connectivity index is 0.00000256. The molecule has 0 aliphatic rings. The minimum Gasteiger partial charge on any atom is -0.872 e. The van der Waals surface area contributed by atoms with E-state index in [4.69, 9.17) is 14.2 Å². The van der Waals surface area contributed by atoms with E-state index in [2.05, 4.69) is 0 Å². The minimum atomic E-state index is -0.0127. The third-order valence-corrected chi connectivity index (χ3v) is 4.95. The van der Waals surface area contributed by atoms with E-state index in [0.717, 1.165) is 27.1 Å². The Morgan fingerprint density at radius 3 is 1.97 bits per heavy atom. The molecule has 4 aromatic carbocycles. The van der Waals surface area contributed by atoms with Gasteiger partial charge in [-0.25, -0.2) is 0 Å². The zero-order valence-electron chi connectivity index (χ0n) is 17.4. The molecule has 0 saturated carbocycles. The fourth-order valence-corrected chi connectivity index (χ4v) is 3.59. The molecule has 148 valence electrons. The third kappa shape index (κ3) is 4.80. The van der Waals surface area contributed by atoms with E-state index in [9.17, 15) is 5.11 Å². The molecule has 0 unspecified atom stereocenters. The van der Waals surface area contributed by atoms with E-state index in [1.54, 1.807) is 13.2 Å². The van der Waals surface area contributed by atoms with Crippen molar-refractivity contribution in [3.8, 4) is 22.6 Å². The molecule has 0 atom stereocenters. The average Bonchev–Trinajstić information content (AvgIpc) is 2.76. The van der Waals surface area contributed by atoms with Crippen LogP contribution in [0.25, 0.3) is 32.7 Å². The summed E-state index contributed by atoms with van der Waals surface area (Å²) in [7, 11) is 1.64. The Morgan fingerprint density at radius 2 is 1.27 bits per heavy atom. The van der Waals surface area contributed by atoms with Gasteiger partial charge in [0.2, 0.25) is 0 Å². The fraction of sp³-hybridized carbons (Fsp3) is 0.200. The van der Waals surface area contributed by atoms with Gasteiger partial charge in [-0.2, -0.15) is 0 Å². The third-order valence-electron chi connectivity index (χ3n) is 4.95. The maximum absolute atomic E-state index is 13.0. The Hall–Kier alpha value is -2.08. The van der Waals surface area contributed by atoms with Crippen LogP contribution in [0.1, 0.15) is 0 Å². The van der Waals surface area contributed by atoms with Gasteiger partial charge in [-0.05, 0) is 33.2 Å². The molecule has 0 aliphatic heterocycles. The quantitative estimate of drug-likeness (QED) is 0.328. The number of hydrogen-bond donors (Lipinski definition) is 0. The van der Waals surface area contributed by atoms with Crippen molar-refractivity contribution in [2.24, 2.45) is 0 Å². The number of ether oxygens (including phenoxy) is 3. The fourth-order valence-electron chi connectivity index (χ4n) is 3.59. The van der Waals surface area contributed by atoms with Gasteiger partial charge in [-0.1, -0.05) is 66.7 Å². The van der Waals surface area contributed by atoms with Crippen molar-refractivity contribution in [3.63, 3.8) is 0 Å². The van der Waals surface area contributed by atoms with Gasteiger partial charge in [0.15, 0.2) is 0 Å². The number of methoxy groups -OCH3 is 1. The first-order chi connectivity index (χ1) is 14.3. The van der Waals surface area contributed by atoms with Gasteiger partial charge < -0.3 is 19.3 Å². The topological polar surface area (TPSA) is 50.8 Å². The van der Waals surface area contributed by atoms with Crippen molar-refractivity contribution in [3.05, 3.63) is 72.8 Å². The smallest absolute Gasteiger partial charge is 0.872 e. The Kier molecular flexibility index (Phi) is 8.14. The van der Waals surface area contributed by atoms with Gasteiger partial charge in [0, 0.05) is 12.7 Å². The molecule has 0 spiro atoms. The van der Waals surface area contributed by atoms with Crippen molar-refractivity contribution in [1.29, 1.82) is 0 Å². The predicted octanol–water partition coefficient (Wildman–Crippen LogP) is 1.78. The van der Waals surface area contributed by atoms with Crippen molar-refractivity contribution >= 4 is 21.5 Å². The molecular formula is C25H23NaO4. The molecule has 0 saturated heterocycles. The number of hydrogen-bond acceptors (Lipinski definition) is 4. The molecule has 4 aromatic rings. The maximum atomic E-state index is 13.0. The van der Waals surface area contributed by atoms with Crippen molar-refractivity contribution in [2.45, 2.75) is 0 Å². The SMILES string of the molecule is COCCOCCOc1ccc2ccccc2c1-c1c([O-])ccc2ccccc12.[Na+]. The number of rotatable bonds is 8. The molecule has 0 fully saturated rings. The molecule has 0 heterocycles. The minimum absolute atomic E-state index is 0. The van der Waals surface area contributed by atoms with Gasteiger partial charge in [0.1, 0.15) is 12.4 Å². The monoisotopic (exact) mass is 410 g/mol. The van der Waals surface area contributed by atoms with E-state index >= 15 is 0 Å². The average molecular weight is 410 g/mol. The first-order valence-corrected chi connectivity index (χ1v) is 9.70. The van der Waals surface area contributed by atoms with Gasteiger partial charge in [0.05, 0.1) is 19.8 Å². The van der Waals surface area contributed by atoms with Crippen LogP contribution in [0.15, 0.2) is 72.8 Å². The van der Waals surface area contributed by atoms with Crippen LogP contribution in [-0.4, -0.2) is 33.5 Å². The van der Waals surface area contributed by atoms with Gasteiger partial charge >= 0.3 is 29.6 Å². The van der Waals surface area contributed by atoms with Crippen LogP contribution in [0, 0.1) is 0 Å². The van der Waals surface area contributed by atoms with Crippen LogP contribution in [0.5, 0.6) is 11.5 Å². The van der Waals surface area contributed by atoms with Crippen molar-refractivity contribution in [1.82, 2.24) is 0 Å². The summed E-state index contributed by atoms with van der Waals surface area (Å²) in [6.45, 7) is 1.93. The summed E-state index contributed by atoms with van der Waals surface area (Å²) < 4.78 is 16.6. The van der Waals surface area contributed by atoms with E-state index < -0.39 is 0 Å². The first kappa shape index (κ1) is 22.6. The predicted molar refractivity (Wildman–Crippen MR) is 115 cm³/mol. The molecule has 0 aliphatic carbocycles. The second-order valence-electron chi connectivity index (χ2n) is 6.77. The summed E-state index contributed by atoms with van der Waals surface area (Å²) in [5.41, 5.74) is 1.51. The summed E-state index contributed by atoms with van der Waals surface area (Å²) in [6, 6.07) is 23.5. The van der Waals surface area contributed by atoms with Crippen LogP contribution >= 0.6 is 0 Å². The Labute approximate surface area is 198 Å². The van der Waals surface area contributed by atoms with E-state index in [1.807, 2.05) is 66.7 Å². The largest absolute Gasteiger partial charge is 1.00 e. The van der Waals surface area contributed by atoms with Crippen molar-refractivity contribution < 1.29 is 48.9 Å². The normalized spacial score (nSPS) is 10.8. The van der Waals surface area contributed by atoms with Crippen LogP contribution in [0.4, 0.5) is 0 Å². The number of fused-ring (bicyclic) bond motifs is 2. The van der Waals surface area contributed by atoms with Gasteiger partial charge in [-0.3, -0.25) is 0 Å². The van der Waals surface area contributed by atoms with E-state index in [-0.39, 0.29) is 35.3 Å². The van der Waals surface area contributed by atoms with E-state index in [0.29, 0.717) is 37.7 Å². The molecule has 0 radical (unpaired) electrons. The molecule has 5 heteroatoms. The Morgan fingerprint density at radius 1 is 0.667 bits per heavy atom. The van der Waals surface area contributed by atoms with Crippen LogP contribution < -0.4 is 39.4 Å². The molecule has 0 aromatic heterocycles. The maximum Gasteiger partial charge on any atom is 1.00 e.